The molecule has 1 amide bonds. The molecular weight excluding hydrogens is 297 g/mol. The third-order valence-corrected chi connectivity index (χ3v) is 4.22. The van der Waals surface area contributed by atoms with Crippen molar-refractivity contribution in [1.29, 1.82) is 0 Å². The number of nitrogens with zero attached hydrogens (tertiary/aromatic N) is 2. The van der Waals surface area contributed by atoms with Crippen molar-refractivity contribution < 1.29 is 9.18 Å². The molecule has 0 fully saturated rings. The summed E-state index contributed by atoms with van der Waals surface area (Å²) in [6.45, 7) is 0.544. The predicted octanol–water partition coefficient (Wildman–Crippen LogP) is 2.06. The Labute approximate surface area is 131 Å². The van der Waals surface area contributed by atoms with Crippen molar-refractivity contribution in [2.75, 3.05) is 11.4 Å². The molecule has 6 heteroatoms. The topological polar surface area (TPSA) is 58.1 Å². The fraction of sp³-hybridized carbons (Fsp3) is 0.176. The van der Waals surface area contributed by atoms with Gasteiger partial charge in [0.25, 0.3) is 0 Å². The molecule has 23 heavy (non-hydrogen) atoms. The first kappa shape index (κ1) is 13.8. The lowest BCUT2D eigenvalue weighted by Gasteiger charge is -2.17. The maximum absolute atomic E-state index is 13.2. The number of amides is 1. The van der Waals surface area contributed by atoms with Crippen molar-refractivity contribution >= 4 is 22.6 Å². The number of hydrogen-bond acceptors (Lipinski definition) is 2. The summed E-state index contributed by atoms with van der Waals surface area (Å²) < 4.78 is 14.6. The molecule has 0 saturated carbocycles. The minimum atomic E-state index is -0.425. The van der Waals surface area contributed by atoms with Crippen molar-refractivity contribution in [3.63, 3.8) is 0 Å². The van der Waals surface area contributed by atoms with E-state index in [2.05, 4.69) is 4.98 Å². The number of nitrogens with one attached hydrogen (secondary N) is 1. The Morgan fingerprint density at radius 2 is 2.04 bits per heavy atom. The van der Waals surface area contributed by atoms with Crippen molar-refractivity contribution in [2.24, 2.45) is 0 Å². The van der Waals surface area contributed by atoms with Crippen LogP contribution >= 0.6 is 0 Å². The van der Waals surface area contributed by atoms with Gasteiger partial charge in [-0.2, -0.15) is 0 Å². The lowest BCUT2D eigenvalue weighted by molar-refractivity contribution is -0.119. The molecular formula is C17H14FN3O2. The van der Waals surface area contributed by atoms with Gasteiger partial charge in [-0.05, 0) is 36.2 Å². The summed E-state index contributed by atoms with van der Waals surface area (Å²) in [4.78, 5) is 29.0. The highest BCUT2D eigenvalue weighted by Crippen LogP contribution is 2.27. The number of fused-ring (bicyclic) bond motifs is 2. The third kappa shape index (κ3) is 2.23. The largest absolute Gasteiger partial charge is 0.326 e. The van der Waals surface area contributed by atoms with E-state index in [1.54, 1.807) is 4.90 Å². The standard InChI is InChI=1S/C17H14FN3O2/c18-12-5-6-15-13(9-12)19-17(23)21(15)10-16(22)20-8-7-11-3-1-2-4-14(11)20/h1-6,9H,7-8,10H2,(H,19,23). The molecule has 1 aliphatic rings. The van der Waals surface area contributed by atoms with Crippen LogP contribution in [0.15, 0.2) is 47.3 Å². The summed E-state index contributed by atoms with van der Waals surface area (Å²) in [7, 11) is 0. The van der Waals surface area contributed by atoms with Gasteiger partial charge in [0, 0.05) is 12.2 Å². The molecule has 0 bridgehead atoms. The summed E-state index contributed by atoms with van der Waals surface area (Å²) in [6, 6.07) is 11.8. The number of para-hydroxylation sites is 1. The van der Waals surface area contributed by atoms with E-state index >= 15 is 0 Å². The van der Waals surface area contributed by atoms with Gasteiger partial charge >= 0.3 is 5.69 Å². The van der Waals surface area contributed by atoms with Gasteiger partial charge in [-0.15, -0.1) is 0 Å². The average Bonchev–Trinajstić information content (AvgIpc) is 3.09. The zero-order valence-electron chi connectivity index (χ0n) is 12.3. The molecule has 1 aliphatic heterocycles. The number of hydrogen-bond donors (Lipinski definition) is 1. The van der Waals surface area contributed by atoms with Crippen LogP contribution in [0.25, 0.3) is 11.0 Å². The van der Waals surface area contributed by atoms with Gasteiger partial charge < -0.3 is 9.88 Å². The van der Waals surface area contributed by atoms with Crippen molar-refractivity contribution in [3.8, 4) is 0 Å². The highest BCUT2D eigenvalue weighted by molar-refractivity contribution is 5.96. The molecule has 1 aromatic heterocycles. The lowest BCUT2D eigenvalue weighted by Crippen LogP contribution is -2.34. The van der Waals surface area contributed by atoms with Crippen LogP contribution in [0.5, 0.6) is 0 Å². The first-order valence-corrected chi connectivity index (χ1v) is 7.40. The van der Waals surface area contributed by atoms with Crippen molar-refractivity contribution in [1.82, 2.24) is 9.55 Å². The van der Waals surface area contributed by atoms with E-state index in [0.29, 0.717) is 17.6 Å². The maximum atomic E-state index is 13.2. The van der Waals surface area contributed by atoms with Gasteiger partial charge in [0.05, 0.1) is 11.0 Å². The Bertz CT molecular complexity index is 973. The van der Waals surface area contributed by atoms with Gasteiger partial charge in [0.15, 0.2) is 0 Å². The Kier molecular flexibility index (Phi) is 3.04. The summed E-state index contributed by atoms with van der Waals surface area (Å²) >= 11 is 0. The van der Waals surface area contributed by atoms with Gasteiger partial charge in [-0.25, -0.2) is 9.18 Å². The summed E-state index contributed by atoms with van der Waals surface area (Å²) in [6.07, 6.45) is 0.815. The van der Waals surface area contributed by atoms with E-state index in [0.717, 1.165) is 17.7 Å². The van der Waals surface area contributed by atoms with E-state index in [1.165, 1.54) is 22.8 Å². The second-order valence-electron chi connectivity index (χ2n) is 5.60. The number of halogens is 1. The van der Waals surface area contributed by atoms with E-state index in [4.69, 9.17) is 0 Å². The van der Waals surface area contributed by atoms with Crippen LogP contribution in [-0.2, 0) is 17.8 Å². The maximum Gasteiger partial charge on any atom is 0.326 e. The summed E-state index contributed by atoms with van der Waals surface area (Å²) in [5, 5.41) is 0. The number of imidazole rings is 1. The average molecular weight is 311 g/mol. The highest BCUT2D eigenvalue weighted by Gasteiger charge is 2.25. The third-order valence-electron chi connectivity index (χ3n) is 4.22. The van der Waals surface area contributed by atoms with E-state index < -0.39 is 11.5 Å². The second kappa shape index (κ2) is 5.08. The number of aromatic amines is 1. The number of rotatable bonds is 2. The highest BCUT2D eigenvalue weighted by atomic mass is 19.1. The van der Waals surface area contributed by atoms with Crippen molar-refractivity contribution in [2.45, 2.75) is 13.0 Å². The number of H-pyrrole nitrogens is 1. The van der Waals surface area contributed by atoms with Crippen LogP contribution in [0.1, 0.15) is 5.56 Å². The molecule has 0 unspecified atom stereocenters. The van der Waals surface area contributed by atoms with Crippen LogP contribution in [0, 0.1) is 5.82 Å². The van der Waals surface area contributed by atoms with E-state index in [9.17, 15) is 14.0 Å². The Hall–Kier alpha value is -2.89. The molecule has 5 nitrogen and oxygen atoms in total. The molecule has 0 saturated heterocycles. The Morgan fingerprint density at radius 3 is 2.91 bits per heavy atom. The first-order chi connectivity index (χ1) is 11.1. The molecule has 0 spiro atoms. The Balaban J connectivity index is 1.68. The molecule has 0 atom stereocenters. The first-order valence-electron chi connectivity index (χ1n) is 7.40. The fourth-order valence-electron chi connectivity index (χ4n) is 3.11. The minimum absolute atomic E-state index is 0.0706. The number of benzene rings is 2. The zero-order chi connectivity index (χ0) is 16.0. The summed E-state index contributed by atoms with van der Waals surface area (Å²) in [5.74, 6) is -0.576. The molecule has 1 N–H and O–H groups in total. The summed E-state index contributed by atoms with van der Waals surface area (Å²) in [5.41, 5.74) is 2.54. The second-order valence-corrected chi connectivity index (χ2v) is 5.60. The van der Waals surface area contributed by atoms with Crippen LogP contribution in [0.4, 0.5) is 10.1 Å². The van der Waals surface area contributed by atoms with E-state index in [1.807, 2.05) is 24.3 Å². The monoisotopic (exact) mass is 311 g/mol. The van der Waals surface area contributed by atoms with E-state index in [-0.39, 0.29) is 12.5 Å². The normalized spacial score (nSPS) is 13.5. The molecule has 0 aliphatic carbocycles. The van der Waals surface area contributed by atoms with Crippen LogP contribution in [0.3, 0.4) is 0 Å². The SMILES string of the molecule is O=C(Cn1c(=O)[nH]c2cc(F)ccc21)N1CCc2ccccc21. The van der Waals surface area contributed by atoms with Gasteiger partial charge in [0.1, 0.15) is 12.4 Å². The molecule has 2 aromatic carbocycles. The molecule has 116 valence electrons. The minimum Gasteiger partial charge on any atom is -0.310 e. The van der Waals surface area contributed by atoms with Gasteiger partial charge in [-0.3, -0.25) is 9.36 Å². The predicted molar refractivity (Wildman–Crippen MR) is 85.0 cm³/mol. The number of carbonyl (C=O) groups excluding carboxylic acids is 1. The molecule has 2 heterocycles. The fourth-order valence-corrected chi connectivity index (χ4v) is 3.11. The van der Waals surface area contributed by atoms with Crippen LogP contribution in [0.2, 0.25) is 0 Å². The number of carbonyl (C=O) groups is 1. The van der Waals surface area contributed by atoms with Crippen molar-refractivity contribution in [3.05, 3.63) is 64.3 Å². The quantitative estimate of drug-likeness (QED) is 0.787. The zero-order valence-corrected chi connectivity index (χ0v) is 12.3. The lowest BCUT2D eigenvalue weighted by atomic mass is 10.2. The Morgan fingerprint density at radius 1 is 1.22 bits per heavy atom. The number of anilines is 1. The molecule has 0 radical (unpaired) electrons. The molecule has 4 rings (SSSR count). The van der Waals surface area contributed by atoms with Crippen LogP contribution in [-0.4, -0.2) is 22.0 Å². The van der Waals surface area contributed by atoms with Gasteiger partial charge in [-0.1, -0.05) is 18.2 Å². The van der Waals surface area contributed by atoms with Crippen LogP contribution < -0.4 is 10.6 Å². The molecule has 3 aromatic rings. The van der Waals surface area contributed by atoms with Gasteiger partial charge in [0.2, 0.25) is 5.91 Å². The smallest absolute Gasteiger partial charge is 0.310 e. The number of aromatic nitrogens is 2.